The molecule has 1 amide bonds. The lowest BCUT2D eigenvalue weighted by Gasteiger charge is -2.56. The summed E-state index contributed by atoms with van der Waals surface area (Å²) in [5.41, 5.74) is 2.81. The van der Waals surface area contributed by atoms with Crippen molar-refractivity contribution in [3.63, 3.8) is 0 Å². The first-order valence-electron chi connectivity index (χ1n) is 9.09. The summed E-state index contributed by atoms with van der Waals surface area (Å²) in [7, 11) is 3.98. The van der Waals surface area contributed by atoms with E-state index >= 15 is 0 Å². The number of benzene rings is 1. The van der Waals surface area contributed by atoms with E-state index in [-0.39, 0.29) is 18.0 Å². The average molecular weight is 351 g/mol. The van der Waals surface area contributed by atoms with Gasteiger partial charge in [0, 0.05) is 50.2 Å². The highest BCUT2D eigenvalue weighted by atomic mass is 16.2. The first-order valence-corrected chi connectivity index (χ1v) is 9.09. The van der Waals surface area contributed by atoms with E-state index in [0.717, 1.165) is 48.1 Å². The Morgan fingerprint density at radius 1 is 1.12 bits per heavy atom. The standard InChI is InChI=1S/C20H25N5O/c1-13-8-19(22-14(2)21-13)24-11-17-10-18(12-24)25(17)20(26)15-6-5-7-16(9-15)23(3)4/h5-9,17-18H,10-12H2,1-4H3. The molecule has 1 aromatic heterocycles. The quantitative estimate of drug-likeness (QED) is 0.849. The van der Waals surface area contributed by atoms with Crippen LogP contribution < -0.4 is 9.80 Å². The van der Waals surface area contributed by atoms with Gasteiger partial charge in [0.2, 0.25) is 0 Å². The number of aryl methyl sites for hydroxylation is 2. The second kappa shape index (κ2) is 6.27. The molecule has 0 spiro atoms. The smallest absolute Gasteiger partial charge is 0.254 e. The SMILES string of the molecule is Cc1cc(N2CC3CC(C2)N3C(=O)c2cccc(N(C)C)c2)nc(C)n1. The number of aromatic nitrogens is 2. The molecule has 3 saturated heterocycles. The van der Waals surface area contributed by atoms with Gasteiger partial charge in [0.1, 0.15) is 11.6 Å². The Labute approximate surface area is 154 Å². The van der Waals surface area contributed by atoms with Gasteiger partial charge in [-0.1, -0.05) is 6.07 Å². The fourth-order valence-electron chi connectivity index (χ4n) is 4.05. The lowest BCUT2D eigenvalue weighted by Crippen LogP contribution is -2.70. The summed E-state index contributed by atoms with van der Waals surface area (Å²) in [6.07, 6.45) is 1.08. The molecular weight excluding hydrogens is 326 g/mol. The number of carbonyl (C=O) groups excluding carboxylic acids is 1. The highest BCUT2D eigenvalue weighted by Crippen LogP contribution is 2.35. The summed E-state index contributed by atoms with van der Waals surface area (Å²) in [5, 5.41) is 0. The van der Waals surface area contributed by atoms with Crippen LogP contribution in [-0.4, -0.2) is 60.0 Å². The minimum absolute atomic E-state index is 0.143. The zero-order valence-electron chi connectivity index (χ0n) is 15.8. The first kappa shape index (κ1) is 16.8. The van der Waals surface area contributed by atoms with Gasteiger partial charge in [-0.05, 0) is 38.5 Å². The molecule has 26 heavy (non-hydrogen) atoms. The Balaban J connectivity index is 1.50. The molecular formula is C20H25N5O. The fourth-order valence-corrected chi connectivity index (χ4v) is 4.05. The lowest BCUT2D eigenvalue weighted by atomic mass is 9.86. The largest absolute Gasteiger partial charge is 0.378 e. The Morgan fingerprint density at radius 3 is 2.50 bits per heavy atom. The van der Waals surface area contributed by atoms with Gasteiger partial charge in [-0.3, -0.25) is 4.79 Å². The summed E-state index contributed by atoms with van der Waals surface area (Å²) >= 11 is 0. The van der Waals surface area contributed by atoms with E-state index in [2.05, 4.69) is 19.8 Å². The van der Waals surface area contributed by atoms with Crippen molar-refractivity contribution in [2.45, 2.75) is 32.4 Å². The van der Waals surface area contributed by atoms with Crippen LogP contribution in [0.3, 0.4) is 0 Å². The molecule has 4 heterocycles. The second-order valence-corrected chi connectivity index (χ2v) is 7.52. The second-order valence-electron chi connectivity index (χ2n) is 7.52. The Hall–Kier alpha value is -2.63. The predicted molar refractivity (Wildman–Crippen MR) is 103 cm³/mol. The van der Waals surface area contributed by atoms with Crippen molar-refractivity contribution in [1.29, 1.82) is 0 Å². The molecule has 3 aliphatic rings. The lowest BCUT2D eigenvalue weighted by molar-refractivity contribution is 0.00575. The van der Waals surface area contributed by atoms with E-state index < -0.39 is 0 Å². The Bertz CT molecular complexity index is 818. The van der Waals surface area contributed by atoms with Crippen molar-refractivity contribution < 1.29 is 4.79 Å². The molecule has 0 aliphatic carbocycles. The van der Waals surface area contributed by atoms with Gasteiger partial charge < -0.3 is 14.7 Å². The minimum Gasteiger partial charge on any atom is -0.378 e. The summed E-state index contributed by atoms with van der Waals surface area (Å²) in [6, 6.07) is 10.4. The summed E-state index contributed by atoms with van der Waals surface area (Å²) in [5.74, 6) is 1.92. The van der Waals surface area contributed by atoms with Gasteiger partial charge in [0.05, 0.1) is 12.1 Å². The van der Waals surface area contributed by atoms with Crippen molar-refractivity contribution >= 4 is 17.4 Å². The normalized spacial score (nSPS) is 21.4. The molecule has 2 bridgehead atoms. The zero-order valence-corrected chi connectivity index (χ0v) is 15.8. The molecule has 0 N–H and O–H groups in total. The van der Waals surface area contributed by atoms with Crippen LogP contribution in [0.5, 0.6) is 0 Å². The van der Waals surface area contributed by atoms with Crippen LogP contribution in [0.15, 0.2) is 30.3 Å². The third-order valence-electron chi connectivity index (χ3n) is 5.31. The van der Waals surface area contributed by atoms with Crippen LogP contribution in [0.2, 0.25) is 0 Å². The number of fused-ring (bicyclic) bond motifs is 2. The number of hydrogen-bond donors (Lipinski definition) is 0. The topological polar surface area (TPSA) is 52.6 Å². The number of piperazine rings is 1. The third-order valence-corrected chi connectivity index (χ3v) is 5.31. The van der Waals surface area contributed by atoms with Crippen LogP contribution in [0, 0.1) is 13.8 Å². The maximum Gasteiger partial charge on any atom is 0.254 e. The third kappa shape index (κ3) is 2.89. The predicted octanol–water partition coefficient (Wildman–Crippen LogP) is 2.26. The number of piperidine rings is 1. The molecule has 2 aromatic rings. The Morgan fingerprint density at radius 2 is 1.85 bits per heavy atom. The van der Waals surface area contributed by atoms with E-state index in [9.17, 15) is 4.79 Å². The van der Waals surface area contributed by atoms with Crippen LogP contribution in [0.25, 0.3) is 0 Å². The zero-order chi connectivity index (χ0) is 18.4. The van der Waals surface area contributed by atoms with Crippen LogP contribution in [-0.2, 0) is 0 Å². The highest BCUT2D eigenvalue weighted by Gasteiger charge is 2.47. The molecule has 2 atom stereocenters. The van der Waals surface area contributed by atoms with Crippen molar-refractivity contribution in [1.82, 2.24) is 14.9 Å². The molecule has 0 saturated carbocycles. The van der Waals surface area contributed by atoms with E-state index in [1.807, 2.05) is 63.2 Å². The summed E-state index contributed by atoms with van der Waals surface area (Å²) in [4.78, 5) is 28.3. The molecule has 3 aliphatic heterocycles. The van der Waals surface area contributed by atoms with E-state index in [1.165, 1.54) is 0 Å². The highest BCUT2D eigenvalue weighted by molar-refractivity contribution is 5.96. The summed E-state index contributed by atoms with van der Waals surface area (Å²) < 4.78 is 0. The van der Waals surface area contributed by atoms with Gasteiger partial charge in [-0.15, -0.1) is 0 Å². The number of hydrogen-bond acceptors (Lipinski definition) is 5. The molecule has 2 unspecified atom stereocenters. The number of amides is 1. The van der Waals surface area contributed by atoms with Crippen LogP contribution >= 0.6 is 0 Å². The number of carbonyl (C=O) groups is 1. The van der Waals surface area contributed by atoms with Gasteiger partial charge in [0.15, 0.2) is 0 Å². The summed E-state index contributed by atoms with van der Waals surface area (Å²) in [6.45, 7) is 5.60. The molecule has 3 fully saturated rings. The number of rotatable bonds is 3. The van der Waals surface area contributed by atoms with Gasteiger partial charge in [0.25, 0.3) is 5.91 Å². The van der Waals surface area contributed by atoms with Gasteiger partial charge >= 0.3 is 0 Å². The number of anilines is 2. The minimum atomic E-state index is 0.143. The maximum atomic E-state index is 13.0. The van der Waals surface area contributed by atoms with Crippen molar-refractivity contribution in [2.75, 3.05) is 37.0 Å². The monoisotopic (exact) mass is 351 g/mol. The first-order chi connectivity index (χ1) is 12.4. The molecule has 5 rings (SSSR count). The Kier molecular flexibility index (Phi) is 4.05. The molecule has 0 radical (unpaired) electrons. The fraction of sp³-hybridized carbons (Fsp3) is 0.450. The van der Waals surface area contributed by atoms with E-state index in [4.69, 9.17) is 0 Å². The molecule has 6 heteroatoms. The van der Waals surface area contributed by atoms with Crippen molar-refractivity contribution in [3.05, 3.63) is 47.4 Å². The molecule has 1 aromatic carbocycles. The van der Waals surface area contributed by atoms with Crippen molar-refractivity contribution in [3.8, 4) is 0 Å². The van der Waals surface area contributed by atoms with Gasteiger partial charge in [-0.25, -0.2) is 9.97 Å². The average Bonchev–Trinajstić information content (AvgIpc) is 2.61. The van der Waals surface area contributed by atoms with E-state index in [0.29, 0.717) is 0 Å². The van der Waals surface area contributed by atoms with Crippen molar-refractivity contribution in [2.24, 2.45) is 0 Å². The molecule has 136 valence electrons. The van der Waals surface area contributed by atoms with Crippen LogP contribution in [0.4, 0.5) is 11.5 Å². The van der Waals surface area contributed by atoms with Crippen LogP contribution in [0.1, 0.15) is 28.3 Å². The van der Waals surface area contributed by atoms with Gasteiger partial charge in [-0.2, -0.15) is 0 Å². The molecule has 6 nitrogen and oxygen atoms in total. The number of nitrogens with zero attached hydrogens (tertiary/aromatic N) is 5. The maximum absolute atomic E-state index is 13.0. The van der Waals surface area contributed by atoms with E-state index in [1.54, 1.807) is 0 Å².